The van der Waals surface area contributed by atoms with E-state index in [0.717, 1.165) is 16.7 Å². The maximum Gasteiger partial charge on any atom is 0.343 e. The van der Waals surface area contributed by atoms with Gasteiger partial charge in [-0.1, -0.05) is 47.5 Å². The third-order valence-corrected chi connectivity index (χ3v) is 11.2. The van der Waals surface area contributed by atoms with Crippen molar-refractivity contribution >= 4 is 56.7 Å². The minimum atomic E-state index is -3.99. The number of aromatic nitrogens is 4. The number of nitrogens with zero attached hydrogens (tertiary/aromatic N) is 5. The van der Waals surface area contributed by atoms with Crippen LogP contribution in [0.25, 0.3) is 11.1 Å². The Hall–Kier alpha value is -3.84. The topological polar surface area (TPSA) is 146 Å². The Morgan fingerprint density at radius 3 is 2.29 bits per heavy atom. The second-order valence-corrected chi connectivity index (χ2v) is 14.5. The van der Waals surface area contributed by atoms with Crippen molar-refractivity contribution in [2.45, 2.75) is 49.6 Å². The zero-order valence-corrected chi connectivity index (χ0v) is 26.8. The number of aryl methyl sites for hydroxylation is 1. The van der Waals surface area contributed by atoms with E-state index in [1.807, 2.05) is 24.3 Å². The van der Waals surface area contributed by atoms with Crippen molar-refractivity contribution in [2.75, 3.05) is 18.0 Å². The number of rotatable bonds is 9. The molecule has 2 aliphatic rings. The normalized spacial score (nSPS) is 21.6. The van der Waals surface area contributed by atoms with Crippen LogP contribution in [0.1, 0.15) is 38.2 Å². The molecule has 6 rings (SSSR count). The van der Waals surface area contributed by atoms with Gasteiger partial charge >= 0.3 is 10.0 Å². The van der Waals surface area contributed by atoms with E-state index in [2.05, 4.69) is 15.0 Å². The summed E-state index contributed by atoms with van der Waals surface area (Å²) in [5, 5.41) is 0.611. The highest BCUT2D eigenvalue weighted by Gasteiger charge is 2.53. The Kier molecular flexibility index (Phi) is 8.42. The largest absolute Gasteiger partial charge is 0.369 e. The molecule has 11 nitrogen and oxygen atoms in total. The Bertz CT molecular complexity index is 1840. The first-order valence-corrected chi connectivity index (χ1v) is 16.9. The number of anilines is 2. The number of carbonyl (C=O) groups is 2. The molecule has 2 aromatic carbocycles. The second kappa shape index (κ2) is 12.2. The van der Waals surface area contributed by atoms with Crippen molar-refractivity contribution in [3.63, 3.8) is 0 Å². The fourth-order valence-corrected chi connectivity index (χ4v) is 8.57. The number of sulfonamides is 1. The average molecular weight is 670 g/mol. The van der Waals surface area contributed by atoms with Crippen LogP contribution in [0.2, 0.25) is 10.0 Å². The number of amides is 2. The molecule has 1 atom stereocenters. The van der Waals surface area contributed by atoms with E-state index in [4.69, 9.17) is 28.9 Å². The van der Waals surface area contributed by atoms with Gasteiger partial charge in [-0.25, -0.2) is 24.2 Å². The summed E-state index contributed by atoms with van der Waals surface area (Å²) >= 11 is 12.6. The fraction of sp³-hybridized carbons (Fsp3) is 0.323. The maximum absolute atomic E-state index is 14.3. The Labute approximate surface area is 271 Å². The van der Waals surface area contributed by atoms with Gasteiger partial charge in [0.1, 0.15) is 11.9 Å². The van der Waals surface area contributed by atoms with Crippen LogP contribution in [0, 0.1) is 5.92 Å². The molecule has 1 saturated heterocycles. The van der Waals surface area contributed by atoms with Gasteiger partial charge in [-0.15, -0.1) is 0 Å². The summed E-state index contributed by atoms with van der Waals surface area (Å²) in [6, 6.07) is 12.8. The number of imidazole rings is 1. The lowest BCUT2D eigenvalue weighted by Gasteiger charge is -2.29. The molecule has 0 spiro atoms. The predicted molar refractivity (Wildman–Crippen MR) is 170 cm³/mol. The molecule has 0 bridgehead atoms. The molecule has 2 aromatic heterocycles. The molecule has 234 valence electrons. The van der Waals surface area contributed by atoms with E-state index in [9.17, 15) is 18.0 Å². The van der Waals surface area contributed by atoms with Gasteiger partial charge in [0.15, 0.2) is 0 Å². The summed E-state index contributed by atoms with van der Waals surface area (Å²) in [7, 11) is -3.99. The van der Waals surface area contributed by atoms with E-state index in [0.29, 0.717) is 52.1 Å². The maximum atomic E-state index is 14.3. The predicted octanol–water partition coefficient (Wildman–Crippen LogP) is 3.53. The van der Waals surface area contributed by atoms with Gasteiger partial charge in [0.05, 0.1) is 25.0 Å². The fourth-order valence-electron chi connectivity index (χ4n) is 6.28. The molecule has 0 aliphatic carbocycles. The van der Waals surface area contributed by atoms with Crippen LogP contribution in [0.5, 0.6) is 0 Å². The first-order chi connectivity index (χ1) is 21.5. The number of primary amides is 1. The number of halogens is 2. The number of hydrogen-bond acceptors (Lipinski definition) is 7. The van der Waals surface area contributed by atoms with Gasteiger partial charge in [0.25, 0.3) is 5.91 Å². The zero-order valence-electron chi connectivity index (χ0n) is 24.5. The van der Waals surface area contributed by atoms with E-state index in [1.165, 1.54) is 17.4 Å². The first kappa shape index (κ1) is 31.2. The number of nitrogens with two attached hydrogens (primary N) is 1. The van der Waals surface area contributed by atoms with Crippen LogP contribution < -0.4 is 14.9 Å². The molecule has 45 heavy (non-hydrogen) atoms. The highest BCUT2D eigenvalue weighted by atomic mass is 35.5. The van der Waals surface area contributed by atoms with E-state index in [1.54, 1.807) is 42.1 Å². The number of hydrogen-bond donors (Lipinski definition) is 2. The van der Waals surface area contributed by atoms with Gasteiger partial charge in [-0.2, -0.15) is 8.42 Å². The van der Waals surface area contributed by atoms with Crippen molar-refractivity contribution in [3.05, 3.63) is 83.0 Å². The number of nitrogens with one attached hydrogen (secondary N) is 1. The van der Waals surface area contributed by atoms with Crippen molar-refractivity contribution < 1.29 is 22.3 Å². The monoisotopic (exact) mass is 668 g/mol. The van der Waals surface area contributed by atoms with Gasteiger partial charge in [0.2, 0.25) is 16.9 Å². The second-order valence-electron chi connectivity index (χ2n) is 11.7. The Morgan fingerprint density at radius 1 is 1.02 bits per heavy atom. The van der Waals surface area contributed by atoms with Crippen LogP contribution in [0.4, 0.5) is 11.6 Å². The van der Waals surface area contributed by atoms with E-state index >= 15 is 0 Å². The molecule has 0 radical (unpaired) electrons. The Balaban J connectivity index is 1.31. The van der Waals surface area contributed by atoms with Crippen molar-refractivity contribution in [1.29, 1.82) is 0 Å². The SMILES string of the molecule is C[C@@]1(CCCc2ccc(-c3cncnc3)cc2)C(=O)N(c2cc(Cl)cc(Cl)c2)c2ncc(S(=O)(=O)[NH+]3CCC(C(N)=O)CC3)n21. The minimum Gasteiger partial charge on any atom is -0.369 e. The highest BCUT2D eigenvalue weighted by molar-refractivity contribution is 7.85. The number of benzene rings is 2. The molecule has 3 N–H and O–H groups in total. The van der Waals surface area contributed by atoms with E-state index < -0.39 is 21.5 Å². The molecular weight excluding hydrogens is 637 g/mol. The molecule has 4 heterocycles. The number of carbonyl (C=O) groups excluding carboxylic acids is 2. The summed E-state index contributed by atoms with van der Waals surface area (Å²) in [5.74, 6) is -0.929. The van der Waals surface area contributed by atoms with Crippen LogP contribution in [0.15, 0.2) is 72.4 Å². The summed E-state index contributed by atoms with van der Waals surface area (Å²) < 4.78 is 30.0. The van der Waals surface area contributed by atoms with Crippen LogP contribution in [-0.4, -0.2) is 52.8 Å². The molecular formula is C31H32Cl2N7O4S+. The van der Waals surface area contributed by atoms with Crippen LogP contribution >= 0.6 is 23.2 Å². The third kappa shape index (κ3) is 5.83. The lowest BCUT2D eigenvalue weighted by atomic mass is 9.92. The van der Waals surface area contributed by atoms with Gasteiger partial charge in [0, 0.05) is 46.8 Å². The van der Waals surface area contributed by atoms with Gasteiger partial charge < -0.3 is 5.73 Å². The number of piperidine rings is 1. The van der Waals surface area contributed by atoms with Crippen LogP contribution in [-0.2, 0) is 31.6 Å². The highest BCUT2D eigenvalue weighted by Crippen LogP contribution is 2.45. The quantitative estimate of drug-likeness (QED) is 0.277. The molecule has 4 aromatic rings. The number of fused-ring (bicyclic) bond motifs is 1. The molecule has 2 amide bonds. The summed E-state index contributed by atoms with van der Waals surface area (Å²) in [6.07, 6.45) is 8.63. The van der Waals surface area contributed by atoms with Crippen LogP contribution in [0.3, 0.4) is 0 Å². The molecule has 0 saturated carbocycles. The summed E-state index contributed by atoms with van der Waals surface area (Å²) in [6.45, 7) is 2.19. The van der Waals surface area contributed by atoms with Crippen molar-refractivity contribution in [3.8, 4) is 11.1 Å². The summed E-state index contributed by atoms with van der Waals surface area (Å²) in [4.78, 5) is 40.0. The van der Waals surface area contributed by atoms with Gasteiger partial charge in [-0.3, -0.25) is 14.2 Å². The van der Waals surface area contributed by atoms with E-state index in [-0.39, 0.29) is 35.9 Å². The van der Waals surface area contributed by atoms with Gasteiger partial charge in [-0.05, 0) is 55.5 Å². The lowest BCUT2D eigenvalue weighted by molar-refractivity contribution is -0.775. The molecule has 1 fully saturated rings. The standard InChI is InChI=1S/C31H31Cl2N7O4S/c1-31(10-2-3-20-4-6-21(7-5-20)23-16-35-19-36-17-23)29(42)39(26-14-24(32)13-25(33)15-26)30-37-18-27(40(30)31)45(43,44)38-11-8-22(9-12-38)28(34)41/h4-7,13-19,22H,2-3,8-12H2,1H3,(H2,34,41)/p+1/t31-/m1/s1. The third-order valence-electron chi connectivity index (χ3n) is 8.75. The molecule has 14 heteroatoms. The minimum absolute atomic E-state index is 0.0501. The first-order valence-electron chi connectivity index (χ1n) is 14.6. The van der Waals surface area contributed by atoms with Crippen molar-refractivity contribution in [2.24, 2.45) is 11.7 Å². The lowest BCUT2D eigenvalue weighted by Crippen LogP contribution is -3.14. The average Bonchev–Trinajstić information content (AvgIpc) is 3.55. The van der Waals surface area contributed by atoms with Crippen molar-refractivity contribution in [1.82, 2.24) is 19.5 Å². The summed E-state index contributed by atoms with van der Waals surface area (Å²) in [5.41, 5.74) is 7.58. The molecule has 2 aliphatic heterocycles. The molecule has 0 unspecified atom stereocenters. The zero-order chi connectivity index (χ0) is 31.9. The smallest absolute Gasteiger partial charge is 0.343 e. The number of quaternary nitrogens is 1. The Morgan fingerprint density at radius 2 is 1.67 bits per heavy atom.